The summed E-state index contributed by atoms with van der Waals surface area (Å²) in [5, 5.41) is 0. The first-order valence-electron chi connectivity index (χ1n) is 12.9. The van der Waals surface area contributed by atoms with Crippen molar-refractivity contribution in [2.24, 2.45) is 0 Å². The molecule has 1 aliphatic rings. The number of nitrogens with one attached hydrogen (secondary N) is 1. The van der Waals surface area contributed by atoms with Crippen molar-refractivity contribution in [3.05, 3.63) is 161 Å². The van der Waals surface area contributed by atoms with Gasteiger partial charge in [0.1, 0.15) is 11.2 Å². The second-order valence-corrected chi connectivity index (χ2v) is 9.52. The van der Waals surface area contributed by atoms with Gasteiger partial charge in [-0.15, -0.1) is 0 Å². The van der Waals surface area contributed by atoms with E-state index in [2.05, 4.69) is 77.8 Å². The van der Waals surface area contributed by atoms with Crippen molar-refractivity contribution in [2.45, 2.75) is 18.3 Å². The molecule has 2 amide bonds. The lowest BCUT2D eigenvalue weighted by atomic mass is 9.69. The van der Waals surface area contributed by atoms with Crippen molar-refractivity contribution in [2.75, 3.05) is 6.54 Å². The largest absolute Gasteiger partial charge is 0.345 e. The third kappa shape index (κ3) is 3.93. The minimum Gasteiger partial charge on any atom is -0.345 e. The molecule has 186 valence electrons. The predicted octanol–water partition coefficient (Wildman–Crippen LogP) is 6.02. The molecule has 6 rings (SSSR count). The number of aryl methyl sites for hydroxylation is 1. The summed E-state index contributed by atoms with van der Waals surface area (Å²) in [5.41, 5.74) is 4.64. The summed E-state index contributed by atoms with van der Waals surface area (Å²) in [4.78, 5) is 35.4. The van der Waals surface area contributed by atoms with Crippen LogP contribution >= 0.6 is 0 Å². The van der Waals surface area contributed by atoms with Crippen molar-refractivity contribution >= 4 is 11.8 Å². The second-order valence-electron chi connectivity index (χ2n) is 9.52. The maximum absolute atomic E-state index is 12.7. The fourth-order valence-corrected chi connectivity index (χ4v) is 5.52. The number of hydrogen-bond acceptors (Lipinski definition) is 3. The lowest BCUT2D eigenvalue weighted by Crippen LogP contribution is -2.32. The highest BCUT2D eigenvalue weighted by Gasteiger charge is 2.41. The number of nitrogens with zero attached hydrogens (tertiary/aromatic N) is 2. The number of carbonyl (C=O) groups excluding carboxylic acids is 2. The molecule has 5 aromatic rings. The molecule has 0 saturated heterocycles. The molecule has 38 heavy (non-hydrogen) atoms. The molecule has 5 heteroatoms. The van der Waals surface area contributed by atoms with Crippen LogP contribution in [-0.4, -0.2) is 33.2 Å². The molecule has 5 nitrogen and oxygen atoms in total. The number of imide groups is 1. The van der Waals surface area contributed by atoms with Gasteiger partial charge in [-0.25, -0.2) is 4.98 Å². The average Bonchev–Trinajstić information content (AvgIpc) is 3.54. The third-order valence-electron chi connectivity index (χ3n) is 7.31. The quantitative estimate of drug-likeness (QED) is 0.211. The summed E-state index contributed by atoms with van der Waals surface area (Å²) in [6, 6.07) is 38.3. The topological polar surface area (TPSA) is 66.1 Å². The summed E-state index contributed by atoms with van der Waals surface area (Å²) < 4.78 is 0. The third-order valence-corrected chi connectivity index (χ3v) is 7.31. The number of rotatable bonds is 8. The molecule has 1 aromatic heterocycles. The Labute approximate surface area is 221 Å². The monoisotopic (exact) mass is 497 g/mol. The molecule has 0 saturated carbocycles. The van der Waals surface area contributed by atoms with Crippen LogP contribution in [0.2, 0.25) is 0 Å². The molecule has 0 aliphatic carbocycles. The zero-order chi connectivity index (χ0) is 26.0. The zero-order valence-corrected chi connectivity index (χ0v) is 20.9. The lowest BCUT2D eigenvalue weighted by molar-refractivity contribution is 0.0652. The van der Waals surface area contributed by atoms with Crippen LogP contribution in [0, 0.1) is 0 Å². The van der Waals surface area contributed by atoms with Crippen LogP contribution in [0.5, 0.6) is 0 Å². The fourth-order valence-electron chi connectivity index (χ4n) is 5.52. The number of aromatic amines is 1. The highest BCUT2D eigenvalue weighted by Crippen LogP contribution is 2.43. The minimum atomic E-state index is -0.634. The first-order chi connectivity index (χ1) is 18.7. The van der Waals surface area contributed by atoms with E-state index in [1.807, 2.05) is 24.4 Å². The van der Waals surface area contributed by atoms with E-state index < -0.39 is 5.41 Å². The zero-order valence-electron chi connectivity index (χ0n) is 20.9. The predicted molar refractivity (Wildman–Crippen MR) is 147 cm³/mol. The van der Waals surface area contributed by atoms with Crippen LogP contribution in [-0.2, 0) is 11.8 Å². The van der Waals surface area contributed by atoms with Gasteiger partial charge in [0.2, 0.25) is 0 Å². The van der Waals surface area contributed by atoms with E-state index in [0.29, 0.717) is 30.5 Å². The number of H-pyrrole nitrogens is 1. The molecule has 4 aromatic carbocycles. The Morgan fingerprint density at radius 3 is 1.55 bits per heavy atom. The summed E-state index contributed by atoms with van der Waals surface area (Å²) in [7, 11) is 0. The lowest BCUT2D eigenvalue weighted by Gasteiger charge is -2.34. The van der Waals surface area contributed by atoms with Gasteiger partial charge in [-0.3, -0.25) is 14.5 Å². The number of aromatic nitrogens is 2. The molecule has 0 bridgehead atoms. The highest BCUT2D eigenvalue weighted by atomic mass is 16.2. The summed E-state index contributed by atoms with van der Waals surface area (Å²) in [5.74, 6) is 0.399. The van der Waals surface area contributed by atoms with E-state index in [0.717, 1.165) is 28.2 Å². The van der Waals surface area contributed by atoms with Crippen LogP contribution in [0.25, 0.3) is 0 Å². The average molecular weight is 498 g/mol. The van der Waals surface area contributed by atoms with E-state index in [9.17, 15) is 9.59 Å². The molecule has 0 unspecified atom stereocenters. The van der Waals surface area contributed by atoms with E-state index in [-0.39, 0.29) is 11.8 Å². The minimum absolute atomic E-state index is 0.216. The van der Waals surface area contributed by atoms with Crippen LogP contribution in [0.4, 0.5) is 0 Å². The molecule has 0 spiro atoms. The standard InChI is InChI=1S/C33H27N3O2/c37-30-28-20-10-11-21-29(28)31(38)36(30)22-12-19-27-23-34-32(35-27)33(24-13-4-1-5-14-24,25-15-6-2-7-16-25)26-17-8-3-9-18-26/h1-11,13-18,20-21,23H,12,19,22H2,(H,34,35). The first-order valence-corrected chi connectivity index (χ1v) is 12.9. The molecule has 0 atom stereocenters. The Kier molecular flexibility index (Phi) is 6.18. The number of benzene rings is 4. The van der Waals surface area contributed by atoms with Crippen LogP contribution in [0.15, 0.2) is 121 Å². The van der Waals surface area contributed by atoms with Gasteiger partial charge in [0.25, 0.3) is 11.8 Å². The Morgan fingerprint density at radius 2 is 1.08 bits per heavy atom. The van der Waals surface area contributed by atoms with Gasteiger partial charge in [0.15, 0.2) is 0 Å². The Bertz CT molecular complexity index is 1450. The van der Waals surface area contributed by atoms with E-state index >= 15 is 0 Å². The SMILES string of the molecule is O=C1c2ccccc2C(=O)N1CCCc1cnc(C(c2ccccc2)(c2ccccc2)c2ccccc2)[nH]1. The highest BCUT2D eigenvalue weighted by molar-refractivity contribution is 6.21. The van der Waals surface area contributed by atoms with Crippen molar-refractivity contribution in [3.63, 3.8) is 0 Å². The Balaban J connectivity index is 1.32. The normalized spacial score (nSPS) is 13.1. The molecule has 2 heterocycles. The maximum Gasteiger partial charge on any atom is 0.261 e. The Hall–Kier alpha value is -4.77. The summed E-state index contributed by atoms with van der Waals surface area (Å²) >= 11 is 0. The van der Waals surface area contributed by atoms with Gasteiger partial charge in [-0.1, -0.05) is 103 Å². The molecule has 0 radical (unpaired) electrons. The van der Waals surface area contributed by atoms with Crippen LogP contribution in [0.3, 0.4) is 0 Å². The van der Waals surface area contributed by atoms with Crippen LogP contribution < -0.4 is 0 Å². The first kappa shape index (κ1) is 23.6. The summed E-state index contributed by atoms with van der Waals surface area (Å²) in [6.45, 7) is 0.363. The molecule has 1 aliphatic heterocycles. The van der Waals surface area contributed by atoms with Gasteiger partial charge in [-0.2, -0.15) is 0 Å². The number of amides is 2. The smallest absolute Gasteiger partial charge is 0.261 e. The van der Waals surface area contributed by atoms with E-state index in [4.69, 9.17) is 4.98 Å². The van der Waals surface area contributed by atoms with Gasteiger partial charge in [0.05, 0.1) is 11.1 Å². The fraction of sp³-hybridized carbons (Fsp3) is 0.121. The number of carbonyl (C=O) groups is 2. The Morgan fingerprint density at radius 1 is 0.632 bits per heavy atom. The van der Waals surface area contributed by atoms with Gasteiger partial charge < -0.3 is 4.98 Å². The van der Waals surface area contributed by atoms with E-state index in [1.165, 1.54) is 4.90 Å². The molecular weight excluding hydrogens is 470 g/mol. The molecule has 0 fully saturated rings. The van der Waals surface area contributed by atoms with E-state index in [1.54, 1.807) is 24.3 Å². The van der Waals surface area contributed by atoms with Gasteiger partial charge in [0, 0.05) is 18.4 Å². The number of imidazole rings is 1. The number of fused-ring (bicyclic) bond motifs is 1. The maximum atomic E-state index is 12.7. The molecular formula is C33H27N3O2. The van der Waals surface area contributed by atoms with Crippen molar-refractivity contribution in [1.29, 1.82) is 0 Å². The summed E-state index contributed by atoms with van der Waals surface area (Å²) in [6.07, 6.45) is 3.18. The van der Waals surface area contributed by atoms with Crippen molar-refractivity contribution in [3.8, 4) is 0 Å². The number of hydrogen-bond donors (Lipinski definition) is 1. The van der Waals surface area contributed by atoms with Gasteiger partial charge >= 0.3 is 0 Å². The van der Waals surface area contributed by atoms with Crippen molar-refractivity contribution < 1.29 is 9.59 Å². The molecule has 1 N–H and O–H groups in total. The second kappa shape index (κ2) is 9.94. The van der Waals surface area contributed by atoms with Crippen molar-refractivity contribution in [1.82, 2.24) is 14.9 Å². The van der Waals surface area contributed by atoms with Crippen LogP contribution in [0.1, 0.15) is 55.3 Å². The van der Waals surface area contributed by atoms with Gasteiger partial charge in [-0.05, 0) is 41.7 Å².